The van der Waals surface area contributed by atoms with Crippen LogP contribution in [-0.2, 0) is 14.8 Å². The number of nitrogens with one attached hydrogen (secondary N) is 1. The van der Waals surface area contributed by atoms with Crippen LogP contribution < -0.4 is 9.46 Å². The van der Waals surface area contributed by atoms with Gasteiger partial charge in [0.25, 0.3) is 0 Å². The van der Waals surface area contributed by atoms with Crippen molar-refractivity contribution in [2.24, 2.45) is 0 Å². The Morgan fingerprint density at radius 2 is 2.11 bits per heavy atom. The molecule has 1 atom stereocenters. The number of carboxylic acids is 1. The van der Waals surface area contributed by atoms with E-state index in [2.05, 4.69) is 15.9 Å². The second-order valence-electron chi connectivity index (χ2n) is 3.48. The Hall–Kier alpha value is -1.12. The van der Waals surface area contributed by atoms with E-state index in [0.717, 1.165) is 0 Å². The number of carbonyl (C=O) groups is 1. The number of halogens is 1. The van der Waals surface area contributed by atoms with E-state index in [1.54, 1.807) is 6.07 Å². The molecular weight excluding hydrogens is 326 g/mol. The summed E-state index contributed by atoms with van der Waals surface area (Å²) in [5.74, 6) is -1.11. The number of hydrogen-bond acceptors (Lipinski definition) is 4. The van der Waals surface area contributed by atoms with Gasteiger partial charge in [0.1, 0.15) is 16.7 Å². The van der Waals surface area contributed by atoms with Gasteiger partial charge in [-0.3, -0.25) is 4.79 Å². The summed E-state index contributed by atoms with van der Waals surface area (Å²) in [5, 5.41) is 8.71. The molecule has 0 unspecified atom stereocenters. The predicted octanol–water partition coefficient (Wildman–Crippen LogP) is 1.21. The minimum atomic E-state index is -3.96. The molecule has 0 saturated carbocycles. The predicted molar refractivity (Wildman–Crippen MR) is 68.1 cm³/mol. The Balaban J connectivity index is 3.19. The SMILES string of the molecule is COc1ccc(Br)cc1S(=O)(=O)N[C@H](C)C(=O)O. The Labute approximate surface area is 113 Å². The van der Waals surface area contributed by atoms with E-state index in [1.807, 2.05) is 4.72 Å². The number of rotatable bonds is 5. The zero-order valence-corrected chi connectivity index (χ0v) is 12.1. The highest BCUT2D eigenvalue weighted by Gasteiger charge is 2.24. The first-order valence-electron chi connectivity index (χ1n) is 4.86. The van der Waals surface area contributed by atoms with Crippen molar-refractivity contribution < 1.29 is 23.1 Å². The maximum atomic E-state index is 12.0. The van der Waals surface area contributed by atoms with Gasteiger partial charge in [0, 0.05) is 4.47 Å². The van der Waals surface area contributed by atoms with Crippen molar-refractivity contribution in [2.75, 3.05) is 7.11 Å². The zero-order chi connectivity index (χ0) is 13.9. The maximum Gasteiger partial charge on any atom is 0.321 e. The van der Waals surface area contributed by atoms with Crippen molar-refractivity contribution in [1.29, 1.82) is 0 Å². The van der Waals surface area contributed by atoms with Gasteiger partial charge >= 0.3 is 5.97 Å². The molecule has 0 aliphatic carbocycles. The van der Waals surface area contributed by atoms with Gasteiger partial charge in [-0.15, -0.1) is 0 Å². The zero-order valence-electron chi connectivity index (χ0n) is 9.68. The highest BCUT2D eigenvalue weighted by atomic mass is 79.9. The van der Waals surface area contributed by atoms with Crippen LogP contribution in [0.1, 0.15) is 6.92 Å². The molecule has 0 heterocycles. The molecule has 0 aliphatic rings. The fourth-order valence-electron chi connectivity index (χ4n) is 1.21. The van der Waals surface area contributed by atoms with E-state index in [1.165, 1.54) is 26.2 Å². The average molecular weight is 338 g/mol. The summed E-state index contributed by atoms with van der Waals surface area (Å²) in [4.78, 5) is 10.5. The first kappa shape index (κ1) is 14.9. The molecule has 18 heavy (non-hydrogen) atoms. The molecule has 0 aromatic heterocycles. The summed E-state index contributed by atoms with van der Waals surface area (Å²) < 4.78 is 31.5. The molecule has 6 nitrogen and oxygen atoms in total. The second-order valence-corrected chi connectivity index (χ2v) is 6.07. The van der Waals surface area contributed by atoms with Crippen molar-refractivity contribution in [3.8, 4) is 5.75 Å². The largest absolute Gasteiger partial charge is 0.495 e. The third kappa shape index (κ3) is 3.44. The van der Waals surface area contributed by atoms with Crippen LogP contribution in [0.5, 0.6) is 5.75 Å². The minimum Gasteiger partial charge on any atom is -0.495 e. The van der Waals surface area contributed by atoms with Gasteiger partial charge < -0.3 is 9.84 Å². The van der Waals surface area contributed by atoms with Crippen LogP contribution in [0.4, 0.5) is 0 Å². The van der Waals surface area contributed by atoms with Crippen molar-refractivity contribution in [3.63, 3.8) is 0 Å². The monoisotopic (exact) mass is 337 g/mol. The average Bonchev–Trinajstić information content (AvgIpc) is 2.28. The molecule has 0 amide bonds. The van der Waals surface area contributed by atoms with Crippen molar-refractivity contribution in [3.05, 3.63) is 22.7 Å². The maximum absolute atomic E-state index is 12.0. The van der Waals surface area contributed by atoms with Crippen LogP contribution in [-0.4, -0.2) is 32.6 Å². The van der Waals surface area contributed by atoms with Gasteiger partial charge in [-0.2, -0.15) is 4.72 Å². The number of hydrogen-bond donors (Lipinski definition) is 2. The second kappa shape index (κ2) is 5.68. The summed E-state index contributed by atoms with van der Waals surface area (Å²) in [7, 11) is -2.62. The number of carboxylic acid groups (broad SMARTS) is 1. The summed E-state index contributed by atoms with van der Waals surface area (Å²) in [5.41, 5.74) is 0. The van der Waals surface area contributed by atoms with Gasteiger partial charge in [0.05, 0.1) is 7.11 Å². The molecule has 0 spiro atoms. The lowest BCUT2D eigenvalue weighted by atomic mass is 10.3. The summed E-state index contributed by atoms with van der Waals surface area (Å²) in [6, 6.07) is 3.22. The van der Waals surface area contributed by atoms with Crippen molar-refractivity contribution in [1.82, 2.24) is 4.72 Å². The van der Waals surface area contributed by atoms with Gasteiger partial charge in [-0.1, -0.05) is 15.9 Å². The van der Waals surface area contributed by atoms with Crippen LogP contribution in [0.2, 0.25) is 0 Å². The molecule has 8 heteroatoms. The number of ether oxygens (including phenoxy) is 1. The van der Waals surface area contributed by atoms with Gasteiger partial charge in [0.2, 0.25) is 10.0 Å². The highest BCUT2D eigenvalue weighted by molar-refractivity contribution is 9.10. The molecule has 2 N–H and O–H groups in total. The Morgan fingerprint density at radius 3 is 2.61 bits per heavy atom. The summed E-state index contributed by atoms with van der Waals surface area (Å²) >= 11 is 3.15. The van der Waals surface area contributed by atoms with E-state index in [0.29, 0.717) is 4.47 Å². The summed E-state index contributed by atoms with van der Waals surface area (Å²) in [6.45, 7) is 1.24. The van der Waals surface area contributed by atoms with Crippen molar-refractivity contribution >= 4 is 31.9 Å². The molecule has 1 aromatic rings. The number of sulfonamides is 1. The van der Waals surface area contributed by atoms with E-state index >= 15 is 0 Å². The molecule has 0 fully saturated rings. The van der Waals surface area contributed by atoms with E-state index in [9.17, 15) is 13.2 Å². The lowest BCUT2D eigenvalue weighted by Gasteiger charge is -2.13. The molecule has 0 radical (unpaired) electrons. The van der Waals surface area contributed by atoms with E-state index < -0.39 is 22.0 Å². The fourth-order valence-corrected chi connectivity index (χ4v) is 3.11. The van der Waals surface area contributed by atoms with Gasteiger partial charge in [-0.05, 0) is 25.1 Å². The number of methoxy groups -OCH3 is 1. The third-order valence-corrected chi connectivity index (χ3v) is 4.17. The van der Waals surface area contributed by atoms with Gasteiger partial charge in [-0.25, -0.2) is 8.42 Å². The van der Waals surface area contributed by atoms with Crippen molar-refractivity contribution in [2.45, 2.75) is 17.9 Å². The number of benzene rings is 1. The van der Waals surface area contributed by atoms with Crippen LogP contribution in [0.3, 0.4) is 0 Å². The smallest absolute Gasteiger partial charge is 0.321 e. The molecule has 1 rings (SSSR count). The normalized spacial score (nSPS) is 13.1. The Kier molecular flexibility index (Phi) is 4.71. The topological polar surface area (TPSA) is 92.7 Å². The van der Waals surface area contributed by atoms with E-state index in [-0.39, 0.29) is 10.6 Å². The molecule has 100 valence electrons. The molecule has 0 aliphatic heterocycles. The Bertz CT molecular complexity index is 557. The first-order valence-corrected chi connectivity index (χ1v) is 7.14. The highest BCUT2D eigenvalue weighted by Crippen LogP contribution is 2.27. The molecule has 0 saturated heterocycles. The van der Waals surface area contributed by atoms with Crippen LogP contribution >= 0.6 is 15.9 Å². The first-order chi connectivity index (χ1) is 8.27. The summed E-state index contributed by atoms with van der Waals surface area (Å²) in [6.07, 6.45) is 0. The fraction of sp³-hybridized carbons (Fsp3) is 0.300. The molecule has 0 bridgehead atoms. The lowest BCUT2D eigenvalue weighted by molar-refractivity contribution is -0.138. The van der Waals surface area contributed by atoms with Crippen LogP contribution in [0.25, 0.3) is 0 Å². The van der Waals surface area contributed by atoms with Crippen LogP contribution in [0.15, 0.2) is 27.6 Å². The Morgan fingerprint density at radius 1 is 1.50 bits per heavy atom. The van der Waals surface area contributed by atoms with Gasteiger partial charge in [0.15, 0.2) is 0 Å². The molecule has 1 aromatic carbocycles. The van der Waals surface area contributed by atoms with Crippen LogP contribution in [0, 0.1) is 0 Å². The minimum absolute atomic E-state index is 0.118. The quantitative estimate of drug-likeness (QED) is 0.842. The standard InChI is InChI=1S/C10H12BrNO5S/c1-6(10(13)14)12-18(15,16)9-5-7(11)3-4-8(9)17-2/h3-6,12H,1-2H3,(H,13,14)/t6-/m1/s1. The van der Waals surface area contributed by atoms with E-state index in [4.69, 9.17) is 9.84 Å². The third-order valence-electron chi connectivity index (χ3n) is 2.12. The number of aliphatic carboxylic acids is 1. The molecular formula is C10H12BrNO5S. The lowest BCUT2D eigenvalue weighted by Crippen LogP contribution is -2.38.